The summed E-state index contributed by atoms with van der Waals surface area (Å²) < 4.78 is 69.3. The van der Waals surface area contributed by atoms with Crippen molar-refractivity contribution in [2.24, 2.45) is 0 Å². The number of ether oxygens (including phenoxy) is 1. The number of halogens is 3. The Morgan fingerprint density at radius 2 is 2.19 bits per heavy atom. The Morgan fingerprint density at radius 1 is 1.44 bits per heavy atom. The Kier molecular flexibility index (Phi) is 5.49. The van der Waals surface area contributed by atoms with E-state index in [4.69, 9.17) is 0 Å². The zero-order valence-electron chi connectivity index (χ0n) is 14.0. The smallest absolute Gasteiger partial charge is 0.345 e. The van der Waals surface area contributed by atoms with Gasteiger partial charge in [0.1, 0.15) is 18.0 Å². The largest absolute Gasteiger partial charge is 0.506 e. The van der Waals surface area contributed by atoms with Crippen LogP contribution in [0.4, 0.5) is 18.9 Å². The van der Waals surface area contributed by atoms with Crippen LogP contribution in [0.25, 0.3) is 0 Å². The van der Waals surface area contributed by atoms with Crippen LogP contribution in [0, 0.1) is 5.82 Å². The van der Waals surface area contributed by atoms with Gasteiger partial charge in [-0.1, -0.05) is 0 Å². The molecule has 0 radical (unpaired) electrons. The summed E-state index contributed by atoms with van der Waals surface area (Å²) in [6.07, 6.45) is 1.18. The van der Waals surface area contributed by atoms with Gasteiger partial charge in [0.25, 0.3) is 5.91 Å². The predicted molar refractivity (Wildman–Crippen MR) is 88.2 cm³/mol. The topological polar surface area (TPSA) is 108 Å². The lowest BCUT2D eigenvalue weighted by atomic mass is 9.87. The molecular weight excluding hydrogens is 391 g/mol. The molecule has 3 rings (SSSR count). The summed E-state index contributed by atoms with van der Waals surface area (Å²) >= 11 is 0. The van der Waals surface area contributed by atoms with Gasteiger partial charge in [-0.05, 0) is 36.5 Å². The van der Waals surface area contributed by atoms with Crippen LogP contribution in [0.1, 0.15) is 17.5 Å². The summed E-state index contributed by atoms with van der Waals surface area (Å²) in [6, 6.07) is 1.07. The van der Waals surface area contributed by atoms with E-state index in [1.807, 2.05) is 0 Å². The third kappa shape index (κ3) is 4.12. The second-order valence-electron chi connectivity index (χ2n) is 6.26. The molecule has 1 aromatic carbocycles. The molecule has 1 aromatic rings. The van der Waals surface area contributed by atoms with Crippen LogP contribution in [-0.2, 0) is 32.6 Å². The average Bonchev–Trinajstić information content (AvgIpc) is 2.84. The lowest BCUT2D eigenvalue weighted by molar-refractivity contribution is -0.127. The number of carbonyl (C=O) groups is 1. The van der Waals surface area contributed by atoms with Crippen molar-refractivity contribution in [1.29, 1.82) is 0 Å². The highest BCUT2D eigenvalue weighted by Crippen LogP contribution is 2.39. The first kappa shape index (κ1) is 19.7. The molecule has 0 spiro atoms. The molecule has 27 heavy (non-hydrogen) atoms. The van der Waals surface area contributed by atoms with Gasteiger partial charge in [-0.3, -0.25) is 4.79 Å². The maximum absolute atomic E-state index is 15.0. The van der Waals surface area contributed by atoms with Gasteiger partial charge in [-0.25, -0.2) is 13.4 Å². The number of amides is 1. The van der Waals surface area contributed by atoms with Crippen molar-refractivity contribution in [3.63, 3.8) is 0 Å². The van der Waals surface area contributed by atoms with E-state index in [2.05, 4.69) is 10.1 Å². The standard InChI is InChI=1S/C15H18F3N3O5S/c16-13-10-6-9(19-3-4-26-15(17)18)2-1-8(10)5-11(22)14(13)21-7-12(23)20-27(21,24)25/h5,9,15,19,22H,1-4,6-7H2,(H,20,23). The van der Waals surface area contributed by atoms with E-state index in [0.29, 0.717) is 22.7 Å². The van der Waals surface area contributed by atoms with Crippen LogP contribution in [-0.4, -0.2) is 51.8 Å². The number of rotatable bonds is 6. The van der Waals surface area contributed by atoms with Gasteiger partial charge in [0, 0.05) is 12.6 Å². The van der Waals surface area contributed by atoms with Crippen molar-refractivity contribution in [2.45, 2.75) is 31.9 Å². The Balaban J connectivity index is 1.81. The molecule has 1 amide bonds. The number of phenolic OH excluding ortho intramolecular Hbond substituents is 1. The number of aromatic hydroxyl groups is 1. The third-order valence-electron chi connectivity index (χ3n) is 4.48. The Bertz CT molecular complexity index is 850. The van der Waals surface area contributed by atoms with Gasteiger partial charge in [-0.15, -0.1) is 0 Å². The average molecular weight is 409 g/mol. The highest BCUT2D eigenvalue weighted by molar-refractivity contribution is 7.92. The molecule has 12 heteroatoms. The first-order valence-corrected chi connectivity index (χ1v) is 9.62. The number of anilines is 1. The first-order valence-electron chi connectivity index (χ1n) is 8.18. The van der Waals surface area contributed by atoms with Crippen LogP contribution in [0.2, 0.25) is 0 Å². The van der Waals surface area contributed by atoms with Crippen molar-refractivity contribution < 1.29 is 36.2 Å². The molecule has 0 aromatic heterocycles. The van der Waals surface area contributed by atoms with E-state index in [9.17, 15) is 27.1 Å². The Hall–Kier alpha value is -2.05. The molecule has 1 atom stereocenters. The molecular formula is C15H18F3N3O5S. The van der Waals surface area contributed by atoms with E-state index in [-0.39, 0.29) is 31.2 Å². The van der Waals surface area contributed by atoms with Crippen molar-refractivity contribution in [1.82, 2.24) is 10.0 Å². The van der Waals surface area contributed by atoms with Crippen molar-refractivity contribution >= 4 is 21.8 Å². The van der Waals surface area contributed by atoms with Gasteiger partial charge >= 0.3 is 16.8 Å². The second kappa shape index (κ2) is 7.52. The molecule has 1 fully saturated rings. The number of alkyl halides is 2. The Morgan fingerprint density at radius 3 is 2.81 bits per heavy atom. The van der Waals surface area contributed by atoms with Crippen LogP contribution >= 0.6 is 0 Å². The predicted octanol–water partition coefficient (Wildman–Crippen LogP) is 0.398. The minimum atomic E-state index is -4.27. The maximum Gasteiger partial charge on any atom is 0.345 e. The molecule has 0 saturated carbocycles. The quantitative estimate of drug-likeness (QED) is 0.587. The number of nitrogens with zero attached hydrogens (tertiary/aromatic N) is 1. The van der Waals surface area contributed by atoms with Crippen LogP contribution < -0.4 is 14.3 Å². The lowest BCUT2D eigenvalue weighted by Gasteiger charge is -2.28. The molecule has 1 aliphatic carbocycles. The molecule has 150 valence electrons. The number of phenols is 1. The minimum Gasteiger partial charge on any atom is -0.506 e. The third-order valence-corrected chi connectivity index (χ3v) is 5.85. The van der Waals surface area contributed by atoms with Crippen molar-refractivity contribution in [3.8, 4) is 5.75 Å². The fraction of sp³-hybridized carbons (Fsp3) is 0.533. The van der Waals surface area contributed by atoms with Crippen LogP contribution in [0.3, 0.4) is 0 Å². The van der Waals surface area contributed by atoms with E-state index in [1.165, 1.54) is 6.07 Å². The van der Waals surface area contributed by atoms with E-state index < -0.39 is 46.5 Å². The number of hydrogen-bond acceptors (Lipinski definition) is 6. The molecule has 1 heterocycles. The molecule has 3 N–H and O–H groups in total. The monoisotopic (exact) mass is 409 g/mol. The number of hydrogen-bond donors (Lipinski definition) is 3. The first-order chi connectivity index (χ1) is 12.7. The SMILES string of the molecule is O=C1CN(c2c(O)cc3c(c2F)CC(NCCOC(F)F)CC3)S(=O)(=O)N1. The van der Waals surface area contributed by atoms with E-state index in [0.717, 1.165) is 0 Å². The fourth-order valence-corrected chi connectivity index (χ4v) is 4.47. The highest BCUT2D eigenvalue weighted by Gasteiger charge is 2.39. The molecule has 2 aliphatic rings. The second-order valence-corrected chi connectivity index (χ2v) is 7.85. The van der Waals surface area contributed by atoms with Gasteiger partial charge in [-0.2, -0.15) is 17.2 Å². The normalized spacial score (nSPS) is 21.4. The van der Waals surface area contributed by atoms with Gasteiger partial charge in [0.15, 0.2) is 5.82 Å². The molecule has 0 bridgehead atoms. The number of carbonyl (C=O) groups excluding carboxylic acids is 1. The number of fused-ring (bicyclic) bond motifs is 1. The number of aryl methyl sites for hydroxylation is 1. The molecule has 1 saturated heterocycles. The number of benzene rings is 1. The Labute approximate surface area is 153 Å². The fourth-order valence-electron chi connectivity index (χ4n) is 3.31. The van der Waals surface area contributed by atoms with Crippen molar-refractivity contribution in [2.75, 3.05) is 24.0 Å². The molecule has 8 nitrogen and oxygen atoms in total. The van der Waals surface area contributed by atoms with Crippen LogP contribution in [0.15, 0.2) is 6.07 Å². The summed E-state index contributed by atoms with van der Waals surface area (Å²) in [4.78, 5) is 11.4. The summed E-state index contributed by atoms with van der Waals surface area (Å²) in [5.41, 5.74) is 0.177. The number of nitrogens with one attached hydrogen (secondary N) is 2. The van der Waals surface area contributed by atoms with Crippen LogP contribution in [0.5, 0.6) is 5.75 Å². The van der Waals surface area contributed by atoms with Gasteiger partial charge in [0.2, 0.25) is 0 Å². The van der Waals surface area contributed by atoms with E-state index in [1.54, 1.807) is 4.72 Å². The summed E-state index contributed by atoms with van der Waals surface area (Å²) in [7, 11) is -4.27. The zero-order valence-corrected chi connectivity index (χ0v) is 14.9. The maximum atomic E-state index is 15.0. The van der Waals surface area contributed by atoms with Gasteiger partial charge < -0.3 is 15.2 Å². The molecule has 1 unspecified atom stereocenters. The summed E-state index contributed by atoms with van der Waals surface area (Å²) in [6.45, 7) is -3.54. The van der Waals surface area contributed by atoms with Gasteiger partial charge in [0.05, 0.1) is 6.61 Å². The zero-order chi connectivity index (χ0) is 19.8. The van der Waals surface area contributed by atoms with Crippen molar-refractivity contribution in [3.05, 3.63) is 23.0 Å². The highest BCUT2D eigenvalue weighted by atomic mass is 32.2. The van der Waals surface area contributed by atoms with E-state index >= 15 is 4.39 Å². The lowest BCUT2D eigenvalue weighted by Crippen LogP contribution is -2.37. The molecule has 1 aliphatic heterocycles. The summed E-state index contributed by atoms with van der Waals surface area (Å²) in [5.74, 6) is -2.31. The summed E-state index contributed by atoms with van der Waals surface area (Å²) in [5, 5.41) is 13.1. The minimum absolute atomic E-state index is 0.149.